The van der Waals surface area contributed by atoms with Crippen LogP contribution in [0.25, 0.3) is 0 Å². The predicted molar refractivity (Wildman–Crippen MR) is 112 cm³/mol. The van der Waals surface area contributed by atoms with Crippen LogP contribution in [0.5, 0.6) is 0 Å². The second-order valence-corrected chi connectivity index (χ2v) is 7.36. The zero-order chi connectivity index (χ0) is 20.7. The molecule has 1 aliphatic rings. The van der Waals surface area contributed by atoms with Crippen LogP contribution >= 0.6 is 11.6 Å². The van der Waals surface area contributed by atoms with Crippen LogP contribution in [-0.4, -0.2) is 15.0 Å². The Balaban J connectivity index is 1.87. The van der Waals surface area contributed by atoms with Crippen molar-refractivity contribution in [1.29, 1.82) is 0 Å². The van der Waals surface area contributed by atoms with Crippen molar-refractivity contribution in [2.45, 2.75) is 13.2 Å². The van der Waals surface area contributed by atoms with Crippen molar-refractivity contribution in [3.63, 3.8) is 0 Å². The average Bonchev–Trinajstić information content (AvgIpc) is 3.15. The maximum atomic E-state index is 12.8. The molecule has 0 saturated carbocycles. The van der Waals surface area contributed by atoms with E-state index in [1.54, 1.807) is 19.2 Å². The molecule has 0 bridgehead atoms. The third-order valence-corrected chi connectivity index (χ3v) is 5.11. The number of halogens is 1. The van der Waals surface area contributed by atoms with E-state index >= 15 is 0 Å². The molecule has 7 nitrogen and oxygen atoms in total. The molecule has 0 amide bonds. The summed E-state index contributed by atoms with van der Waals surface area (Å²) in [5.74, 6) is 0.548. The lowest BCUT2D eigenvalue weighted by Crippen LogP contribution is -2.42. The largest absolute Gasteiger partial charge is 0.363 e. The quantitative estimate of drug-likeness (QED) is 0.665. The number of hydrogen-bond acceptors (Lipinski definition) is 5. The molecule has 1 aromatic heterocycles. The van der Waals surface area contributed by atoms with Crippen LogP contribution in [0.15, 0.2) is 69.5 Å². The fraction of sp³-hybridized carbons (Fsp3) is 0.190. The summed E-state index contributed by atoms with van der Waals surface area (Å²) in [6.07, 6.45) is 0.686. The van der Waals surface area contributed by atoms with Crippen molar-refractivity contribution < 1.29 is 4.84 Å². The zero-order valence-electron chi connectivity index (χ0n) is 16.2. The van der Waals surface area contributed by atoms with Gasteiger partial charge in [0, 0.05) is 36.6 Å². The van der Waals surface area contributed by atoms with Gasteiger partial charge in [0.05, 0.1) is 5.56 Å². The van der Waals surface area contributed by atoms with Crippen molar-refractivity contribution in [1.82, 2.24) is 9.13 Å². The smallest absolute Gasteiger partial charge is 0.330 e. The first-order valence-electron chi connectivity index (χ1n) is 8.99. The third-order valence-electron chi connectivity index (χ3n) is 4.86. The van der Waals surface area contributed by atoms with Gasteiger partial charge in [-0.25, -0.2) is 4.79 Å². The Morgan fingerprint density at radius 2 is 1.66 bits per heavy atom. The lowest BCUT2D eigenvalue weighted by molar-refractivity contribution is 0.0847. The number of oxime groups is 1. The number of hydrogen-bond donors (Lipinski definition) is 0. The number of aryl methyl sites for hydroxylation is 2. The summed E-state index contributed by atoms with van der Waals surface area (Å²) in [6, 6.07) is 15.0. The van der Waals surface area contributed by atoms with E-state index in [9.17, 15) is 9.59 Å². The van der Waals surface area contributed by atoms with Crippen LogP contribution in [0.2, 0.25) is 5.02 Å². The van der Waals surface area contributed by atoms with Gasteiger partial charge >= 0.3 is 5.69 Å². The first kappa shape index (κ1) is 19.0. The van der Waals surface area contributed by atoms with Crippen molar-refractivity contribution >= 4 is 23.1 Å². The second-order valence-electron chi connectivity index (χ2n) is 6.93. The van der Waals surface area contributed by atoms with Crippen molar-refractivity contribution in [3.05, 3.63) is 97.3 Å². The fourth-order valence-corrected chi connectivity index (χ4v) is 3.38. The van der Waals surface area contributed by atoms with Crippen molar-refractivity contribution in [2.75, 3.05) is 4.90 Å². The molecule has 1 atom stereocenters. The lowest BCUT2D eigenvalue weighted by atomic mass is 10.1. The molecule has 0 radical (unpaired) electrons. The van der Waals surface area contributed by atoms with Gasteiger partial charge in [-0.3, -0.25) is 14.3 Å². The van der Waals surface area contributed by atoms with E-state index in [2.05, 4.69) is 5.16 Å². The molecule has 1 unspecified atom stereocenters. The summed E-state index contributed by atoms with van der Waals surface area (Å²) in [5.41, 5.74) is 2.18. The molecule has 148 valence electrons. The number of benzene rings is 2. The highest BCUT2D eigenvalue weighted by atomic mass is 35.5. The maximum absolute atomic E-state index is 12.8. The van der Waals surface area contributed by atoms with Crippen LogP contribution in [0.3, 0.4) is 0 Å². The molecule has 0 N–H and O–H groups in total. The first-order valence-corrected chi connectivity index (χ1v) is 9.37. The minimum absolute atomic E-state index is 0.308. The zero-order valence-corrected chi connectivity index (χ0v) is 16.9. The highest BCUT2D eigenvalue weighted by molar-refractivity contribution is 6.30. The Kier molecular flexibility index (Phi) is 4.76. The topological polar surface area (TPSA) is 68.8 Å². The van der Waals surface area contributed by atoms with E-state index in [0.717, 1.165) is 21.4 Å². The van der Waals surface area contributed by atoms with Gasteiger partial charge < -0.3 is 9.40 Å². The molecule has 1 aliphatic heterocycles. The summed E-state index contributed by atoms with van der Waals surface area (Å²) < 4.78 is 2.42. The minimum atomic E-state index is -0.811. The summed E-state index contributed by atoms with van der Waals surface area (Å²) in [5, 5.41) is 4.87. The average molecular weight is 411 g/mol. The highest BCUT2D eigenvalue weighted by Gasteiger charge is 2.36. The Morgan fingerprint density at radius 3 is 2.31 bits per heavy atom. The van der Waals surface area contributed by atoms with Gasteiger partial charge in [-0.05, 0) is 43.3 Å². The summed E-state index contributed by atoms with van der Waals surface area (Å²) in [7, 11) is 3.04. The van der Waals surface area contributed by atoms with E-state index in [1.807, 2.05) is 48.2 Å². The lowest BCUT2D eigenvalue weighted by Gasteiger charge is -2.26. The molecule has 8 heteroatoms. The van der Waals surface area contributed by atoms with E-state index in [4.69, 9.17) is 16.4 Å². The van der Waals surface area contributed by atoms with Crippen LogP contribution in [0.4, 0.5) is 5.69 Å². The highest BCUT2D eigenvalue weighted by Crippen LogP contribution is 2.34. The van der Waals surface area contributed by atoms with Gasteiger partial charge in [0.15, 0.2) is 5.84 Å². The van der Waals surface area contributed by atoms with E-state index in [1.165, 1.54) is 17.8 Å². The van der Waals surface area contributed by atoms with Crippen molar-refractivity contribution in [3.8, 4) is 0 Å². The van der Waals surface area contributed by atoms with Gasteiger partial charge in [0.2, 0.25) is 6.23 Å². The first-order chi connectivity index (χ1) is 13.9. The Bertz CT molecular complexity index is 1210. The van der Waals surface area contributed by atoms with E-state index in [-0.39, 0.29) is 0 Å². The molecule has 29 heavy (non-hydrogen) atoms. The van der Waals surface area contributed by atoms with Crippen molar-refractivity contribution in [2.24, 2.45) is 19.3 Å². The second kappa shape index (κ2) is 7.25. The normalized spacial score (nSPS) is 15.9. The van der Waals surface area contributed by atoms with Crippen LogP contribution < -0.4 is 16.1 Å². The third kappa shape index (κ3) is 3.34. The Morgan fingerprint density at radius 1 is 1.00 bits per heavy atom. The van der Waals surface area contributed by atoms with Gasteiger partial charge in [0.25, 0.3) is 5.56 Å². The number of aromatic nitrogens is 2. The Hall–Kier alpha value is -3.32. The molecule has 4 rings (SSSR count). The van der Waals surface area contributed by atoms with Crippen LogP contribution in [0.1, 0.15) is 22.9 Å². The molecule has 2 aromatic carbocycles. The molecular weight excluding hydrogens is 392 g/mol. The maximum Gasteiger partial charge on any atom is 0.330 e. The molecule has 0 fully saturated rings. The molecule has 0 aliphatic carbocycles. The molecule has 0 spiro atoms. The fourth-order valence-electron chi connectivity index (χ4n) is 3.26. The van der Waals surface area contributed by atoms with Crippen LogP contribution in [-0.2, 0) is 18.9 Å². The predicted octanol–water partition coefficient (Wildman–Crippen LogP) is 2.94. The molecular formula is C21H19ClN4O3. The van der Waals surface area contributed by atoms with Gasteiger partial charge in [-0.15, -0.1) is 0 Å². The summed E-state index contributed by atoms with van der Waals surface area (Å²) in [4.78, 5) is 32.5. The standard InChI is InChI=1S/C21H19ClN4O3/c1-13-4-10-16(11-5-13)26-18(14-6-8-15(22)9-7-14)23-29-20(26)17-12-24(2)21(28)25(3)19(17)27/h4-12,20H,1-3H3. The number of nitrogens with zero attached hydrogens (tertiary/aromatic N) is 4. The monoisotopic (exact) mass is 410 g/mol. The van der Waals surface area contributed by atoms with Gasteiger partial charge in [-0.2, -0.15) is 0 Å². The molecule has 0 saturated heterocycles. The minimum Gasteiger partial charge on any atom is -0.363 e. The molecule has 3 aromatic rings. The van der Waals surface area contributed by atoms with Crippen LogP contribution in [0, 0.1) is 6.92 Å². The van der Waals surface area contributed by atoms with E-state index < -0.39 is 17.5 Å². The SMILES string of the molecule is Cc1ccc(N2C(c3ccc(Cl)cc3)=NOC2c2cn(C)c(=O)n(C)c2=O)cc1. The number of amidine groups is 1. The van der Waals surface area contributed by atoms with Gasteiger partial charge in [-0.1, -0.05) is 34.5 Å². The summed E-state index contributed by atoms with van der Waals surface area (Å²) >= 11 is 6.02. The summed E-state index contributed by atoms with van der Waals surface area (Å²) in [6.45, 7) is 2.00. The Labute approximate surface area is 172 Å². The van der Waals surface area contributed by atoms with Gasteiger partial charge in [0.1, 0.15) is 0 Å². The number of anilines is 1. The molecule has 2 heterocycles. The number of rotatable bonds is 3. The van der Waals surface area contributed by atoms with E-state index in [0.29, 0.717) is 16.4 Å².